The molecular formula is C29H25F4N7O3. The first-order valence-corrected chi connectivity index (χ1v) is 13.2. The van der Waals surface area contributed by atoms with E-state index >= 15 is 0 Å². The number of pyridine rings is 1. The molecule has 1 aliphatic rings. The van der Waals surface area contributed by atoms with Crippen molar-refractivity contribution in [1.29, 1.82) is 0 Å². The van der Waals surface area contributed by atoms with Gasteiger partial charge in [0.25, 0.3) is 6.43 Å². The normalized spacial score (nSPS) is 13.3. The van der Waals surface area contributed by atoms with Crippen LogP contribution in [0.4, 0.5) is 29.1 Å². The maximum absolute atomic E-state index is 14.0. The third-order valence-electron chi connectivity index (χ3n) is 6.93. The number of ether oxygens (including phenoxy) is 2. The molecule has 14 heteroatoms. The molecule has 5 N–H and O–H groups in total. The molecule has 5 aromatic rings. The average molecular weight is 596 g/mol. The number of carbonyl (C=O) groups excluding carboxylic acids is 1. The summed E-state index contributed by atoms with van der Waals surface area (Å²) in [5.74, 6) is -2.55. The number of nitrogen functional groups attached to an aromatic ring is 1. The van der Waals surface area contributed by atoms with Crippen molar-refractivity contribution < 1.29 is 31.8 Å². The number of ketones is 1. The topological polar surface area (TPSA) is 132 Å². The lowest BCUT2D eigenvalue weighted by atomic mass is 10.1. The van der Waals surface area contributed by atoms with Gasteiger partial charge >= 0.3 is 0 Å². The van der Waals surface area contributed by atoms with E-state index in [2.05, 4.69) is 25.7 Å². The number of hydrogen-bond acceptors (Lipinski definition) is 8. The van der Waals surface area contributed by atoms with E-state index in [1.54, 1.807) is 25.1 Å². The molecule has 1 saturated heterocycles. The highest BCUT2D eigenvalue weighted by atomic mass is 19.3. The van der Waals surface area contributed by atoms with Crippen LogP contribution in [0.5, 0.6) is 17.4 Å². The Balaban J connectivity index is 1.26. The number of para-hydroxylation sites is 1. The van der Waals surface area contributed by atoms with Crippen molar-refractivity contribution in [2.45, 2.75) is 19.4 Å². The summed E-state index contributed by atoms with van der Waals surface area (Å²) in [6.07, 6.45) is 0.0289. The summed E-state index contributed by atoms with van der Waals surface area (Å²) >= 11 is 0. The molecule has 4 heterocycles. The number of hydrogen-bond donors (Lipinski definition) is 4. The summed E-state index contributed by atoms with van der Waals surface area (Å²) in [6, 6.07) is 9.82. The van der Waals surface area contributed by atoms with Gasteiger partial charge in [0, 0.05) is 30.1 Å². The fraction of sp³-hybridized carbons (Fsp3) is 0.207. The predicted octanol–water partition coefficient (Wildman–Crippen LogP) is 4.97. The molecule has 0 radical (unpaired) electrons. The minimum atomic E-state index is -2.64. The smallest absolute Gasteiger partial charge is 0.272 e. The van der Waals surface area contributed by atoms with Crippen LogP contribution >= 0.6 is 0 Å². The Morgan fingerprint density at radius 3 is 2.60 bits per heavy atom. The van der Waals surface area contributed by atoms with Gasteiger partial charge in [0.2, 0.25) is 17.4 Å². The highest BCUT2D eigenvalue weighted by Crippen LogP contribution is 2.33. The number of halogens is 4. The molecule has 1 aliphatic heterocycles. The maximum Gasteiger partial charge on any atom is 0.272 e. The number of fused-ring (bicyclic) bond motifs is 1. The molecular weight excluding hydrogens is 570 g/mol. The van der Waals surface area contributed by atoms with Crippen LogP contribution in [-0.4, -0.2) is 57.7 Å². The van der Waals surface area contributed by atoms with Crippen molar-refractivity contribution in [3.05, 3.63) is 83.3 Å². The molecule has 222 valence electrons. The second-order valence-corrected chi connectivity index (χ2v) is 9.97. The van der Waals surface area contributed by atoms with Gasteiger partial charge in [0.05, 0.1) is 41.1 Å². The number of anilines is 2. The molecule has 0 amide bonds. The first-order chi connectivity index (χ1) is 20.7. The quantitative estimate of drug-likeness (QED) is 0.132. The lowest BCUT2D eigenvalue weighted by Crippen LogP contribution is -2.51. The standard InChI is InChI=1S/C29H25F4N7O3/c1-14-5-26(43-28-18(30)3-2-4-19(28)31)36-12-23(14)40-29(34)17(11-37-40)27(41)22-6-15-7-24(42-13-25(32)33)21(8-20(15)39-22)38-16-9-35-10-16/h2-8,11-12,16,25,35,38-39H,9-10,13,34H2,1H3. The van der Waals surface area contributed by atoms with E-state index in [0.717, 1.165) is 25.2 Å². The van der Waals surface area contributed by atoms with Crippen molar-refractivity contribution in [3.8, 4) is 23.1 Å². The number of nitrogens with one attached hydrogen (secondary N) is 3. The summed E-state index contributed by atoms with van der Waals surface area (Å²) in [7, 11) is 0. The highest BCUT2D eigenvalue weighted by molar-refractivity contribution is 6.12. The zero-order valence-corrected chi connectivity index (χ0v) is 22.6. The van der Waals surface area contributed by atoms with Gasteiger partial charge < -0.3 is 30.8 Å². The van der Waals surface area contributed by atoms with Crippen LogP contribution < -0.4 is 25.8 Å². The number of alkyl halides is 2. The number of aromatic nitrogens is 4. The van der Waals surface area contributed by atoms with Gasteiger partial charge in [-0.1, -0.05) is 6.07 Å². The third kappa shape index (κ3) is 5.56. The minimum absolute atomic E-state index is 0.0307. The highest BCUT2D eigenvalue weighted by Gasteiger charge is 2.23. The zero-order chi connectivity index (χ0) is 30.2. The maximum atomic E-state index is 14.0. The van der Waals surface area contributed by atoms with E-state index < -0.39 is 36.2 Å². The third-order valence-corrected chi connectivity index (χ3v) is 6.93. The fourth-order valence-corrected chi connectivity index (χ4v) is 4.63. The number of nitrogens with zero attached hydrogens (tertiary/aromatic N) is 3. The summed E-state index contributed by atoms with van der Waals surface area (Å²) in [5, 5.41) is 11.2. The molecule has 0 saturated carbocycles. The first kappa shape index (κ1) is 28.0. The summed E-state index contributed by atoms with van der Waals surface area (Å²) < 4.78 is 65.7. The van der Waals surface area contributed by atoms with Crippen molar-refractivity contribution in [2.24, 2.45) is 0 Å². The van der Waals surface area contributed by atoms with E-state index in [1.165, 1.54) is 29.2 Å². The number of aryl methyl sites for hydroxylation is 1. The lowest BCUT2D eigenvalue weighted by molar-refractivity contribution is 0.0823. The lowest BCUT2D eigenvalue weighted by Gasteiger charge is -2.29. The van der Waals surface area contributed by atoms with Gasteiger partial charge in [-0.25, -0.2) is 27.2 Å². The molecule has 1 fully saturated rings. The van der Waals surface area contributed by atoms with Gasteiger partial charge in [0.15, 0.2) is 11.6 Å². The van der Waals surface area contributed by atoms with E-state index in [1.807, 2.05) is 0 Å². The van der Waals surface area contributed by atoms with Crippen LogP contribution in [0.15, 0.2) is 54.9 Å². The molecule has 43 heavy (non-hydrogen) atoms. The number of rotatable bonds is 10. The Kier molecular flexibility index (Phi) is 7.36. The van der Waals surface area contributed by atoms with Crippen molar-refractivity contribution >= 4 is 28.2 Å². The van der Waals surface area contributed by atoms with Gasteiger partial charge in [0.1, 0.15) is 18.2 Å². The Morgan fingerprint density at radius 1 is 1.16 bits per heavy atom. The fourth-order valence-electron chi connectivity index (χ4n) is 4.63. The van der Waals surface area contributed by atoms with Gasteiger partial charge in [-0.2, -0.15) is 5.10 Å². The molecule has 0 atom stereocenters. The Bertz CT molecular complexity index is 1810. The zero-order valence-electron chi connectivity index (χ0n) is 22.6. The minimum Gasteiger partial charge on any atom is -0.485 e. The van der Waals surface area contributed by atoms with Crippen molar-refractivity contribution in [3.63, 3.8) is 0 Å². The Labute approximate surface area is 241 Å². The van der Waals surface area contributed by atoms with Crippen LogP contribution in [-0.2, 0) is 0 Å². The number of carbonyl (C=O) groups is 1. The van der Waals surface area contributed by atoms with Gasteiger partial charge in [-0.3, -0.25) is 4.79 Å². The van der Waals surface area contributed by atoms with Crippen molar-refractivity contribution in [2.75, 3.05) is 30.7 Å². The second-order valence-electron chi connectivity index (χ2n) is 9.97. The Morgan fingerprint density at radius 2 is 1.93 bits per heavy atom. The van der Waals surface area contributed by atoms with Crippen LogP contribution in [0.25, 0.3) is 16.6 Å². The van der Waals surface area contributed by atoms with Crippen LogP contribution in [0.1, 0.15) is 21.6 Å². The number of H-pyrrole nitrogens is 1. The van der Waals surface area contributed by atoms with E-state index in [4.69, 9.17) is 15.2 Å². The molecule has 10 nitrogen and oxygen atoms in total. The van der Waals surface area contributed by atoms with E-state index in [-0.39, 0.29) is 34.7 Å². The second kappa shape index (κ2) is 11.3. The van der Waals surface area contributed by atoms with Gasteiger partial charge in [-0.15, -0.1) is 0 Å². The Hall–Kier alpha value is -5.11. The molecule has 0 unspecified atom stereocenters. The molecule has 0 bridgehead atoms. The molecule has 3 aromatic heterocycles. The SMILES string of the molecule is Cc1cc(Oc2c(F)cccc2F)ncc1-n1ncc(C(=O)c2cc3cc(OCC(F)F)c(NC4CNC4)cc3[nH]2)c1N. The van der Waals surface area contributed by atoms with E-state index in [0.29, 0.717) is 27.8 Å². The largest absolute Gasteiger partial charge is 0.485 e. The molecule has 2 aromatic carbocycles. The molecule has 0 aliphatic carbocycles. The number of nitrogens with two attached hydrogens (primary N) is 1. The predicted molar refractivity (Wildman–Crippen MR) is 150 cm³/mol. The van der Waals surface area contributed by atoms with Crippen LogP contribution in [0.2, 0.25) is 0 Å². The van der Waals surface area contributed by atoms with Crippen LogP contribution in [0, 0.1) is 18.6 Å². The van der Waals surface area contributed by atoms with Crippen molar-refractivity contribution in [1.82, 2.24) is 25.1 Å². The molecule has 0 spiro atoms. The summed E-state index contributed by atoms with van der Waals surface area (Å²) in [5.41, 5.74) is 8.73. The average Bonchev–Trinajstić information content (AvgIpc) is 3.54. The first-order valence-electron chi connectivity index (χ1n) is 13.2. The summed E-state index contributed by atoms with van der Waals surface area (Å²) in [6.45, 7) is 2.37. The van der Waals surface area contributed by atoms with E-state index in [9.17, 15) is 22.4 Å². The van der Waals surface area contributed by atoms with Gasteiger partial charge in [-0.05, 0) is 42.8 Å². The number of aromatic amines is 1. The molecule has 6 rings (SSSR count). The number of benzene rings is 2. The van der Waals surface area contributed by atoms with Crippen LogP contribution in [0.3, 0.4) is 0 Å². The summed E-state index contributed by atoms with van der Waals surface area (Å²) in [4.78, 5) is 20.7. The monoisotopic (exact) mass is 595 g/mol.